The molecule has 0 atom stereocenters. The number of aromatic nitrogens is 2. The SMILES string of the molecule is NC(=O)COC(=O)N1CCC(CCn2cnc(-c3ccccc3)c2)CC1. The number of carbonyl (C=O) groups excluding carboxylic acids is 2. The van der Waals surface area contributed by atoms with Gasteiger partial charge in [0, 0.05) is 31.4 Å². The number of imidazole rings is 1. The summed E-state index contributed by atoms with van der Waals surface area (Å²) in [5.41, 5.74) is 7.09. The molecule has 0 spiro atoms. The van der Waals surface area contributed by atoms with Crippen LogP contribution >= 0.6 is 0 Å². The first-order valence-corrected chi connectivity index (χ1v) is 8.89. The van der Waals surface area contributed by atoms with Crippen LogP contribution in [-0.4, -0.2) is 46.1 Å². The van der Waals surface area contributed by atoms with Crippen molar-refractivity contribution < 1.29 is 14.3 Å². The number of benzene rings is 1. The Kier molecular flexibility index (Phi) is 5.88. The Balaban J connectivity index is 1.42. The van der Waals surface area contributed by atoms with Gasteiger partial charge in [0.25, 0.3) is 5.91 Å². The third-order valence-electron chi connectivity index (χ3n) is 4.71. The summed E-state index contributed by atoms with van der Waals surface area (Å²) in [4.78, 5) is 28.6. The Morgan fingerprint density at radius 1 is 1.19 bits per heavy atom. The van der Waals surface area contributed by atoms with Gasteiger partial charge in [-0.15, -0.1) is 0 Å². The van der Waals surface area contributed by atoms with Gasteiger partial charge in [-0.2, -0.15) is 0 Å². The second-order valence-corrected chi connectivity index (χ2v) is 6.60. The Morgan fingerprint density at radius 2 is 1.92 bits per heavy atom. The zero-order chi connectivity index (χ0) is 18.4. The van der Waals surface area contributed by atoms with E-state index in [-0.39, 0.29) is 6.61 Å². The molecule has 0 bridgehead atoms. The van der Waals surface area contributed by atoms with E-state index in [1.165, 1.54) is 0 Å². The number of carbonyl (C=O) groups is 2. The molecule has 1 aromatic heterocycles. The molecule has 7 nitrogen and oxygen atoms in total. The van der Waals surface area contributed by atoms with Gasteiger partial charge in [0.2, 0.25) is 0 Å². The number of nitrogens with zero attached hydrogens (tertiary/aromatic N) is 3. The lowest BCUT2D eigenvalue weighted by molar-refractivity contribution is -0.121. The van der Waals surface area contributed by atoms with Crippen molar-refractivity contribution in [2.75, 3.05) is 19.7 Å². The second kappa shape index (κ2) is 8.51. The minimum atomic E-state index is -0.636. The standard InChI is InChI=1S/C19H24N4O3/c20-18(24)13-26-19(25)23-10-7-15(8-11-23)6-9-22-12-17(21-14-22)16-4-2-1-3-5-16/h1-5,12,14-15H,6-11,13H2,(H2,20,24). The number of amides is 2. The van der Waals surface area contributed by atoms with Crippen LogP contribution in [0.5, 0.6) is 0 Å². The van der Waals surface area contributed by atoms with Crippen molar-refractivity contribution in [3.63, 3.8) is 0 Å². The molecule has 1 aromatic carbocycles. The van der Waals surface area contributed by atoms with E-state index in [0.717, 1.165) is 37.1 Å². The van der Waals surface area contributed by atoms with Crippen LogP contribution in [0, 0.1) is 5.92 Å². The average molecular weight is 356 g/mol. The van der Waals surface area contributed by atoms with Crippen LogP contribution in [0.25, 0.3) is 11.3 Å². The molecular formula is C19H24N4O3. The first-order valence-electron chi connectivity index (χ1n) is 8.89. The van der Waals surface area contributed by atoms with Crippen LogP contribution in [0.15, 0.2) is 42.9 Å². The predicted octanol–water partition coefficient (Wildman–Crippen LogP) is 2.27. The van der Waals surface area contributed by atoms with E-state index in [9.17, 15) is 9.59 Å². The lowest BCUT2D eigenvalue weighted by Crippen LogP contribution is -2.40. The number of rotatable bonds is 6. The highest BCUT2D eigenvalue weighted by atomic mass is 16.6. The van der Waals surface area contributed by atoms with Gasteiger partial charge in [-0.1, -0.05) is 30.3 Å². The Hall–Kier alpha value is -2.83. The van der Waals surface area contributed by atoms with Gasteiger partial charge in [0.1, 0.15) is 0 Å². The molecule has 2 amide bonds. The van der Waals surface area contributed by atoms with Crippen molar-refractivity contribution in [1.82, 2.24) is 14.5 Å². The van der Waals surface area contributed by atoms with Gasteiger partial charge < -0.3 is 19.9 Å². The molecule has 1 aliphatic heterocycles. The summed E-state index contributed by atoms with van der Waals surface area (Å²) in [5.74, 6) is -0.0683. The van der Waals surface area contributed by atoms with Gasteiger partial charge in [-0.05, 0) is 25.2 Å². The van der Waals surface area contributed by atoms with E-state index >= 15 is 0 Å². The first-order chi connectivity index (χ1) is 12.6. The lowest BCUT2D eigenvalue weighted by Gasteiger charge is -2.31. The number of ether oxygens (including phenoxy) is 1. The molecule has 1 aliphatic rings. The highest BCUT2D eigenvalue weighted by molar-refractivity contribution is 5.78. The molecular weight excluding hydrogens is 332 g/mol. The van der Waals surface area contributed by atoms with Gasteiger partial charge >= 0.3 is 6.09 Å². The molecule has 0 aliphatic carbocycles. The number of hydrogen-bond donors (Lipinski definition) is 1. The second-order valence-electron chi connectivity index (χ2n) is 6.60. The molecule has 2 N–H and O–H groups in total. The molecule has 0 radical (unpaired) electrons. The van der Waals surface area contributed by atoms with Gasteiger partial charge in [-0.3, -0.25) is 4.79 Å². The zero-order valence-electron chi connectivity index (χ0n) is 14.7. The third-order valence-corrected chi connectivity index (χ3v) is 4.71. The number of likely N-dealkylation sites (tertiary alicyclic amines) is 1. The summed E-state index contributed by atoms with van der Waals surface area (Å²) in [5, 5.41) is 0. The Bertz CT molecular complexity index is 736. The fourth-order valence-corrected chi connectivity index (χ4v) is 3.20. The molecule has 1 saturated heterocycles. The molecule has 0 saturated carbocycles. The summed E-state index contributed by atoms with van der Waals surface area (Å²) in [7, 11) is 0. The van der Waals surface area contributed by atoms with E-state index in [1.54, 1.807) is 4.90 Å². The average Bonchev–Trinajstić information content (AvgIpc) is 3.14. The topological polar surface area (TPSA) is 90.5 Å². The zero-order valence-corrected chi connectivity index (χ0v) is 14.7. The number of piperidine rings is 1. The maximum absolute atomic E-state index is 11.8. The Morgan fingerprint density at radius 3 is 2.62 bits per heavy atom. The molecule has 138 valence electrons. The highest BCUT2D eigenvalue weighted by Crippen LogP contribution is 2.22. The maximum atomic E-state index is 11.8. The number of primary amides is 1. The van der Waals surface area contributed by atoms with E-state index in [0.29, 0.717) is 19.0 Å². The smallest absolute Gasteiger partial charge is 0.410 e. The minimum absolute atomic E-state index is 0.358. The molecule has 7 heteroatoms. The van der Waals surface area contributed by atoms with Crippen molar-refractivity contribution in [1.29, 1.82) is 0 Å². The molecule has 2 heterocycles. The largest absolute Gasteiger partial charge is 0.439 e. The minimum Gasteiger partial charge on any atom is -0.439 e. The number of hydrogen-bond acceptors (Lipinski definition) is 4. The van der Waals surface area contributed by atoms with Crippen LogP contribution in [0.3, 0.4) is 0 Å². The highest BCUT2D eigenvalue weighted by Gasteiger charge is 2.23. The van der Waals surface area contributed by atoms with Crippen molar-refractivity contribution in [3.8, 4) is 11.3 Å². The fraction of sp³-hybridized carbons (Fsp3) is 0.421. The monoisotopic (exact) mass is 356 g/mol. The molecule has 3 rings (SSSR count). The van der Waals surface area contributed by atoms with Crippen LogP contribution in [0.2, 0.25) is 0 Å². The molecule has 2 aromatic rings. The van der Waals surface area contributed by atoms with Crippen molar-refractivity contribution in [2.24, 2.45) is 11.7 Å². The van der Waals surface area contributed by atoms with Crippen molar-refractivity contribution in [2.45, 2.75) is 25.8 Å². The van der Waals surface area contributed by atoms with Crippen molar-refractivity contribution >= 4 is 12.0 Å². The molecule has 1 fully saturated rings. The summed E-state index contributed by atoms with van der Waals surface area (Å²) >= 11 is 0. The Labute approximate surface area is 152 Å². The summed E-state index contributed by atoms with van der Waals surface area (Å²) in [6, 6.07) is 10.1. The summed E-state index contributed by atoms with van der Waals surface area (Å²) in [6.07, 6.45) is 6.42. The van der Waals surface area contributed by atoms with Crippen LogP contribution in [-0.2, 0) is 16.1 Å². The predicted molar refractivity (Wildman–Crippen MR) is 97.1 cm³/mol. The summed E-state index contributed by atoms with van der Waals surface area (Å²) < 4.78 is 6.97. The van der Waals surface area contributed by atoms with Gasteiger partial charge in [-0.25, -0.2) is 9.78 Å². The van der Waals surface area contributed by atoms with Crippen LogP contribution < -0.4 is 5.73 Å². The van der Waals surface area contributed by atoms with Gasteiger partial charge in [0.05, 0.1) is 12.0 Å². The molecule has 26 heavy (non-hydrogen) atoms. The van der Waals surface area contributed by atoms with Gasteiger partial charge in [0.15, 0.2) is 6.61 Å². The van der Waals surface area contributed by atoms with E-state index in [2.05, 4.69) is 27.9 Å². The van der Waals surface area contributed by atoms with Crippen LogP contribution in [0.4, 0.5) is 4.79 Å². The van der Waals surface area contributed by atoms with E-state index in [1.807, 2.05) is 24.5 Å². The van der Waals surface area contributed by atoms with Crippen LogP contribution in [0.1, 0.15) is 19.3 Å². The number of nitrogens with two attached hydrogens (primary N) is 1. The quantitative estimate of drug-likeness (QED) is 0.860. The first kappa shape index (κ1) is 18.0. The summed E-state index contributed by atoms with van der Waals surface area (Å²) in [6.45, 7) is 1.86. The van der Waals surface area contributed by atoms with E-state index in [4.69, 9.17) is 10.5 Å². The normalized spacial score (nSPS) is 15.0. The van der Waals surface area contributed by atoms with Crippen molar-refractivity contribution in [3.05, 3.63) is 42.9 Å². The maximum Gasteiger partial charge on any atom is 0.410 e. The fourth-order valence-electron chi connectivity index (χ4n) is 3.20. The molecule has 0 unspecified atom stereocenters. The lowest BCUT2D eigenvalue weighted by atomic mass is 9.94. The van der Waals surface area contributed by atoms with E-state index < -0.39 is 12.0 Å². The number of aryl methyl sites for hydroxylation is 1. The third kappa shape index (κ3) is 4.84.